The number of halogens is 3. The molecule has 3 heterocycles. The summed E-state index contributed by atoms with van der Waals surface area (Å²) in [5.41, 5.74) is 0.697. The third-order valence-corrected chi connectivity index (χ3v) is 5.43. The van der Waals surface area contributed by atoms with Crippen LogP contribution in [0.3, 0.4) is 0 Å². The Morgan fingerprint density at radius 1 is 0.821 bits per heavy atom. The fourth-order valence-corrected chi connectivity index (χ4v) is 3.90. The van der Waals surface area contributed by atoms with Gasteiger partial charge in [-0.1, -0.05) is 42.5 Å². The van der Waals surface area contributed by atoms with Crippen LogP contribution >= 0.6 is 11.3 Å². The smallest absolute Gasteiger partial charge is 0.228 e. The van der Waals surface area contributed by atoms with Crippen molar-refractivity contribution < 1.29 is 13.2 Å². The summed E-state index contributed by atoms with van der Waals surface area (Å²) in [5, 5.41) is 7.98. The summed E-state index contributed by atoms with van der Waals surface area (Å²) >= 11 is 1.42. The van der Waals surface area contributed by atoms with Gasteiger partial charge < -0.3 is 0 Å². The fourth-order valence-electron chi connectivity index (χ4n) is 3.22. The highest BCUT2D eigenvalue weighted by Gasteiger charge is 2.35. The molecule has 2 aromatic carbocycles. The molecule has 0 spiro atoms. The second-order valence-electron chi connectivity index (χ2n) is 6.36. The van der Waals surface area contributed by atoms with E-state index in [1.165, 1.54) is 11.3 Å². The average Bonchev–Trinajstić information content (AvgIpc) is 3.35. The second kappa shape index (κ2) is 6.17. The van der Waals surface area contributed by atoms with Crippen molar-refractivity contribution in [2.75, 3.05) is 0 Å². The first-order chi connectivity index (χ1) is 13.5. The lowest BCUT2D eigenvalue weighted by molar-refractivity contribution is -0.142. The Bertz CT molecular complexity index is 1300. The molecular weight excluding hydrogens is 383 g/mol. The molecular formula is C21H12F3N3S. The molecule has 138 valence electrons. The van der Waals surface area contributed by atoms with Gasteiger partial charge in [-0.05, 0) is 34.4 Å². The quantitative estimate of drug-likeness (QED) is 0.351. The van der Waals surface area contributed by atoms with Crippen molar-refractivity contribution in [3.63, 3.8) is 0 Å². The maximum absolute atomic E-state index is 13.7. The normalized spacial score (nSPS) is 12.1. The minimum Gasteiger partial charge on any atom is -0.228 e. The number of aromatic nitrogens is 3. The van der Waals surface area contributed by atoms with E-state index in [-0.39, 0.29) is 11.3 Å². The monoisotopic (exact) mass is 395 g/mol. The first kappa shape index (κ1) is 16.9. The zero-order chi connectivity index (χ0) is 19.3. The summed E-state index contributed by atoms with van der Waals surface area (Å²) in [6, 6.07) is 19.5. The molecule has 0 saturated carbocycles. The third kappa shape index (κ3) is 2.84. The molecule has 28 heavy (non-hydrogen) atoms. The maximum Gasteiger partial charge on any atom is 0.433 e. The lowest BCUT2D eigenvalue weighted by Crippen LogP contribution is -2.13. The van der Waals surface area contributed by atoms with Crippen molar-refractivity contribution in [1.82, 2.24) is 14.6 Å². The van der Waals surface area contributed by atoms with Crippen LogP contribution in [0.4, 0.5) is 13.2 Å². The topological polar surface area (TPSA) is 30.2 Å². The molecule has 3 nitrogen and oxygen atoms in total. The minimum absolute atomic E-state index is 0.168. The largest absolute Gasteiger partial charge is 0.433 e. The van der Waals surface area contributed by atoms with Gasteiger partial charge in [0.2, 0.25) is 0 Å². The van der Waals surface area contributed by atoms with Crippen LogP contribution < -0.4 is 0 Å². The van der Waals surface area contributed by atoms with E-state index in [4.69, 9.17) is 0 Å². The van der Waals surface area contributed by atoms with Crippen LogP contribution in [0.1, 0.15) is 5.69 Å². The highest BCUT2D eigenvalue weighted by Crippen LogP contribution is 2.34. The molecule has 0 fully saturated rings. The van der Waals surface area contributed by atoms with Crippen LogP contribution in [0.15, 0.2) is 72.1 Å². The summed E-state index contributed by atoms with van der Waals surface area (Å²) in [6.07, 6.45) is -4.55. The molecule has 0 aliphatic heterocycles. The molecule has 0 saturated heterocycles. The molecule has 3 aromatic heterocycles. The Kier molecular flexibility index (Phi) is 3.73. The summed E-state index contributed by atoms with van der Waals surface area (Å²) in [6.45, 7) is 0. The van der Waals surface area contributed by atoms with E-state index < -0.39 is 11.9 Å². The number of thiophene rings is 1. The zero-order valence-corrected chi connectivity index (χ0v) is 15.1. The Labute approximate surface area is 161 Å². The van der Waals surface area contributed by atoms with E-state index >= 15 is 0 Å². The van der Waals surface area contributed by atoms with Gasteiger partial charge in [0.1, 0.15) is 5.69 Å². The van der Waals surface area contributed by atoms with E-state index in [9.17, 15) is 13.2 Å². The van der Waals surface area contributed by atoms with Gasteiger partial charge in [0.15, 0.2) is 11.3 Å². The van der Waals surface area contributed by atoms with Gasteiger partial charge in [-0.3, -0.25) is 0 Å². The molecule has 0 aliphatic carbocycles. The predicted molar refractivity (Wildman–Crippen MR) is 104 cm³/mol. The highest BCUT2D eigenvalue weighted by atomic mass is 32.1. The summed E-state index contributed by atoms with van der Waals surface area (Å²) < 4.78 is 42.1. The van der Waals surface area contributed by atoms with Crippen molar-refractivity contribution in [2.45, 2.75) is 6.18 Å². The van der Waals surface area contributed by atoms with E-state index in [0.29, 0.717) is 11.3 Å². The molecule has 7 heteroatoms. The van der Waals surface area contributed by atoms with E-state index in [0.717, 1.165) is 26.2 Å². The fraction of sp³-hybridized carbons (Fsp3) is 0.0476. The van der Waals surface area contributed by atoms with Crippen LogP contribution in [0.25, 0.3) is 38.2 Å². The Hall–Kier alpha value is -3.19. The lowest BCUT2D eigenvalue weighted by atomic mass is 10.0. The number of fused-ring (bicyclic) bond motifs is 2. The van der Waals surface area contributed by atoms with Gasteiger partial charge in [0.25, 0.3) is 0 Å². The Balaban J connectivity index is 1.74. The summed E-state index contributed by atoms with van der Waals surface area (Å²) in [5.74, 6) is 0. The van der Waals surface area contributed by atoms with Gasteiger partial charge >= 0.3 is 6.18 Å². The van der Waals surface area contributed by atoms with Crippen LogP contribution in [0.2, 0.25) is 0 Å². The van der Waals surface area contributed by atoms with Gasteiger partial charge in [0, 0.05) is 11.6 Å². The van der Waals surface area contributed by atoms with Crippen LogP contribution in [-0.2, 0) is 6.18 Å². The zero-order valence-electron chi connectivity index (χ0n) is 14.3. The molecule has 5 aromatic rings. The molecule has 0 atom stereocenters. The van der Waals surface area contributed by atoms with E-state index in [1.54, 1.807) is 12.1 Å². The Morgan fingerprint density at radius 3 is 2.39 bits per heavy atom. The van der Waals surface area contributed by atoms with Gasteiger partial charge in [0.05, 0.1) is 10.6 Å². The lowest BCUT2D eigenvalue weighted by Gasteiger charge is -2.11. The van der Waals surface area contributed by atoms with Crippen molar-refractivity contribution in [1.29, 1.82) is 0 Å². The van der Waals surface area contributed by atoms with Crippen molar-refractivity contribution in [3.05, 3.63) is 77.8 Å². The van der Waals surface area contributed by atoms with Crippen molar-refractivity contribution in [2.24, 2.45) is 0 Å². The Morgan fingerprint density at radius 2 is 1.64 bits per heavy atom. The van der Waals surface area contributed by atoms with Crippen LogP contribution in [0, 0.1) is 0 Å². The molecule has 5 rings (SSSR count). The second-order valence-corrected chi connectivity index (χ2v) is 7.31. The van der Waals surface area contributed by atoms with Gasteiger partial charge in [-0.2, -0.15) is 18.3 Å². The van der Waals surface area contributed by atoms with Crippen molar-refractivity contribution >= 4 is 27.8 Å². The first-order valence-electron chi connectivity index (χ1n) is 8.50. The maximum atomic E-state index is 13.7. The highest BCUT2D eigenvalue weighted by molar-refractivity contribution is 7.13. The number of hydrogen-bond acceptors (Lipinski definition) is 3. The minimum atomic E-state index is -4.55. The molecule has 0 radical (unpaired) electrons. The van der Waals surface area contributed by atoms with Crippen LogP contribution in [-0.4, -0.2) is 14.6 Å². The average molecular weight is 395 g/mol. The first-order valence-corrected chi connectivity index (χ1v) is 9.38. The van der Waals surface area contributed by atoms with Crippen LogP contribution in [0.5, 0.6) is 0 Å². The van der Waals surface area contributed by atoms with E-state index in [2.05, 4.69) is 10.1 Å². The number of nitrogens with zero attached hydrogens (tertiary/aromatic N) is 3. The van der Waals surface area contributed by atoms with Crippen molar-refractivity contribution in [3.8, 4) is 21.8 Å². The molecule has 0 unspecified atom stereocenters. The summed E-state index contributed by atoms with van der Waals surface area (Å²) in [7, 11) is 0. The number of hydrogen-bond donors (Lipinski definition) is 0. The SMILES string of the molecule is FC(F)(F)c1cc(-c2ccc3ccccc3c2)nc2cc(-c3cccs3)nn12. The molecule has 0 N–H and O–H groups in total. The number of benzene rings is 2. The van der Waals surface area contributed by atoms with Gasteiger partial charge in [-0.15, -0.1) is 11.3 Å². The molecule has 0 amide bonds. The standard InChI is InChI=1S/C21H12F3N3S/c22-21(23,24)19-11-16(15-8-7-13-4-1-2-5-14(13)10-15)25-20-12-17(26-27(19)20)18-6-3-9-28-18/h1-12H. The molecule has 0 bridgehead atoms. The predicted octanol–water partition coefficient (Wildman–Crippen LogP) is 6.30. The third-order valence-electron chi connectivity index (χ3n) is 4.54. The number of alkyl halides is 3. The van der Waals surface area contributed by atoms with Gasteiger partial charge in [-0.25, -0.2) is 9.50 Å². The molecule has 0 aliphatic rings. The summed E-state index contributed by atoms with van der Waals surface area (Å²) in [4.78, 5) is 5.26. The number of rotatable bonds is 2. The van der Waals surface area contributed by atoms with E-state index in [1.807, 2.05) is 53.9 Å².